The second-order valence-electron chi connectivity index (χ2n) is 7.38. The van der Waals surface area contributed by atoms with Crippen LogP contribution < -0.4 is 14.1 Å². The molecule has 2 rings (SSSR count). The van der Waals surface area contributed by atoms with Gasteiger partial charge in [0.2, 0.25) is 0 Å². The minimum Gasteiger partial charge on any atom is -0.465 e. The molecule has 0 aliphatic rings. The first kappa shape index (κ1) is 25.3. The fraction of sp³-hybridized carbons (Fsp3) is 0.435. The van der Waals surface area contributed by atoms with Gasteiger partial charge in [-0.3, -0.25) is 4.79 Å². The zero-order valence-corrected chi connectivity index (χ0v) is 20.0. The Morgan fingerprint density at radius 3 is 2.10 bits per heavy atom. The van der Waals surface area contributed by atoms with Crippen molar-refractivity contribution in [3.8, 4) is 11.5 Å². The summed E-state index contributed by atoms with van der Waals surface area (Å²) in [6, 6.07) is 12.5. The lowest BCUT2D eigenvalue weighted by Gasteiger charge is -2.23. The number of hydrogen-bond donors (Lipinski definition) is 1. The number of carbonyl (C=O) groups is 1. The molecule has 2 aromatic rings. The van der Waals surface area contributed by atoms with Gasteiger partial charge >= 0.3 is 13.7 Å². The minimum atomic E-state index is -3.95. The maximum Gasteiger partial charge on any atom is 0.513 e. The molecular weight excluding hydrogens is 437 g/mol. The van der Waals surface area contributed by atoms with Gasteiger partial charge in [-0.25, -0.2) is 4.57 Å². The van der Waals surface area contributed by atoms with Crippen molar-refractivity contribution in [3.63, 3.8) is 0 Å². The molecule has 6 nitrogen and oxygen atoms in total. The molecule has 0 bridgehead atoms. The number of rotatable bonds is 13. The van der Waals surface area contributed by atoms with E-state index in [4.69, 9.17) is 25.4 Å². The quantitative estimate of drug-likeness (QED) is 0.200. The minimum absolute atomic E-state index is 0.295. The largest absolute Gasteiger partial charge is 0.513 e. The second kappa shape index (κ2) is 12.7. The van der Waals surface area contributed by atoms with Crippen LogP contribution in [0.3, 0.4) is 0 Å². The van der Waals surface area contributed by atoms with Crippen molar-refractivity contribution in [3.05, 3.63) is 59.1 Å². The van der Waals surface area contributed by atoms with E-state index in [1.807, 2.05) is 19.1 Å². The lowest BCUT2D eigenvalue weighted by Crippen LogP contribution is -2.36. The van der Waals surface area contributed by atoms with E-state index in [0.29, 0.717) is 23.1 Å². The topological polar surface area (TPSA) is 73.9 Å². The molecule has 170 valence electrons. The highest BCUT2D eigenvalue weighted by Crippen LogP contribution is 2.45. The Labute approximate surface area is 189 Å². The molecule has 0 saturated heterocycles. The maximum absolute atomic E-state index is 13.5. The average molecular weight is 468 g/mol. The monoisotopic (exact) mass is 467 g/mol. The molecule has 1 N–H and O–H groups in total. The lowest BCUT2D eigenvalue weighted by atomic mass is 10.2. The third-order valence-electron chi connectivity index (χ3n) is 4.48. The molecule has 0 aliphatic heterocycles. The molecule has 0 aromatic heterocycles. The smallest absolute Gasteiger partial charge is 0.465 e. The predicted octanol–water partition coefficient (Wildman–Crippen LogP) is 6.71. The van der Waals surface area contributed by atoms with Crippen molar-refractivity contribution in [2.24, 2.45) is 0 Å². The van der Waals surface area contributed by atoms with Crippen LogP contribution in [0.5, 0.6) is 11.5 Å². The Balaban J connectivity index is 2.03. The van der Waals surface area contributed by atoms with Gasteiger partial charge in [-0.15, -0.1) is 0 Å². The normalized spacial score (nSPS) is 13.8. The van der Waals surface area contributed by atoms with Gasteiger partial charge in [0.15, 0.2) is 0 Å². The van der Waals surface area contributed by atoms with Crippen LogP contribution in [-0.2, 0) is 14.1 Å². The first-order chi connectivity index (χ1) is 14.8. The molecule has 2 atom stereocenters. The van der Waals surface area contributed by atoms with E-state index in [9.17, 15) is 9.36 Å². The van der Waals surface area contributed by atoms with Crippen LogP contribution in [0.25, 0.3) is 0 Å². The Kier molecular flexibility index (Phi) is 10.4. The second-order valence-corrected chi connectivity index (χ2v) is 9.43. The van der Waals surface area contributed by atoms with Gasteiger partial charge in [-0.05, 0) is 56.7 Å². The van der Waals surface area contributed by atoms with E-state index in [-0.39, 0.29) is 0 Å². The zero-order chi connectivity index (χ0) is 22.7. The number of esters is 1. The highest BCUT2D eigenvalue weighted by Gasteiger charge is 2.33. The fourth-order valence-electron chi connectivity index (χ4n) is 2.74. The molecule has 0 spiro atoms. The summed E-state index contributed by atoms with van der Waals surface area (Å²) in [4.78, 5) is 12.4. The van der Waals surface area contributed by atoms with E-state index in [0.717, 1.165) is 31.2 Å². The van der Waals surface area contributed by atoms with E-state index in [1.54, 1.807) is 43.3 Å². The van der Waals surface area contributed by atoms with Crippen LogP contribution in [0.15, 0.2) is 48.5 Å². The molecule has 31 heavy (non-hydrogen) atoms. The summed E-state index contributed by atoms with van der Waals surface area (Å²) >= 11 is 5.91. The molecule has 0 heterocycles. The highest BCUT2D eigenvalue weighted by atomic mass is 35.5. The van der Waals surface area contributed by atoms with Gasteiger partial charge in [0, 0.05) is 5.02 Å². The fourth-order valence-corrected chi connectivity index (χ4v) is 4.38. The van der Waals surface area contributed by atoms with Crippen LogP contribution in [0.2, 0.25) is 5.02 Å². The number of benzene rings is 2. The number of aryl methyl sites for hydroxylation is 1. The molecular formula is C23H31ClNO5P. The molecule has 2 aromatic carbocycles. The van der Waals surface area contributed by atoms with Gasteiger partial charge in [0.05, 0.1) is 6.61 Å². The molecule has 0 saturated carbocycles. The van der Waals surface area contributed by atoms with Crippen molar-refractivity contribution in [1.82, 2.24) is 5.09 Å². The summed E-state index contributed by atoms with van der Waals surface area (Å²) in [5.74, 6) is 0.138. The van der Waals surface area contributed by atoms with E-state index in [1.165, 1.54) is 6.42 Å². The van der Waals surface area contributed by atoms with Crippen molar-refractivity contribution in [2.75, 3.05) is 6.61 Å². The van der Waals surface area contributed by atoms with Crippen molar-refractivity contribution < 1.29 is 23.1 Å². The van der Waals surface area contributed by atoms with Crippen LogP contribution in [-0.4, -0.2) is 18.6 Å². The summed E-state index contributed by atoms with van der Waals surface area (Å²) in [5.41, 5.74) is 1.03. The Morgan fingerprint density at radius 1 is 0.968 bits per heavy atom. The Morgan fingerprint density at radius 2 is 1.52 bits per heavy atom. The lowest BCUT2D eigenvalue weighted by molar-refractivity contribution is -0.145. The third kappa shape index (κ3) is 9.34. The van der Waals surface area contributed by atoms with Gasteiger partial charge in [-0.2, -0.15) is 5.09 Å². The summed E-state index contributed by atoms with van der Waals surface area (Å²) in [6.07, 6.45) is 5.27. The number of nitrogens with one attached hydrogen (secondary N) is 1. The van der Waals surface area contributed by atoms with Gasteiger partial charge in [-0.1, -0.05) is 61.9 Å². The number of ether oxygens (including phenoxy) is 1. The van der Waals surface area contributed by atoms with Gasteiger partial charge < -0.3 is 13.8 Å². The first-order valence-electron chi connectivity index (χ1n) is 10.6. The zero-order valence-electron chi connectivity index (χ0n) is 18.3. The molecule has 0 unspecified atom stereocenters. The Hall–Kier alpha value is -2.01. The SMILES string of the molecule is CCCCCCCOC(=O)[C@H](C)N[P@](=O)(Oc1ccc(C)cc1)Oc1ccc(Cl)cc1. The standard InChI is InChI=1S/C23H31ClNO5P/c1-4-5-6-7-8-17-28-23(26)19(3)25-31(27,29-21-13-9-18(2)10-14-21)30-22-15-11-20(24)12-16-22/h9-16,19H,4-8,17H2,1-3H3,(H,25,27)/t19-,31-/m0/s1. The molecule has 0 radical (unpaired) electrons. The van der Waals surface area contributed by atoms with Crippen molar-refractivity contribution in [1.29, 1.82) is 0 Å². The molecule has 0 aliphatic carbocycles. The summed E-state index contributed by atoms with van der Waals surface area (Å²) in [6.45, 7) is 5.98. The van der Waals surface area contributed by atoms with E-state index >= 15 is 0 Å². The summed E-state index contributed by atoms with van der Waals surface area (Å²) < 4.78 is 30.1. The van der Waals surface area contributed by atoms with Crippen LogP contribution in [0.4, 0.5) is 0 Å². The molecule has 0 fully saturated rings. The number of unbranched alkanes of at least 4 members (excludes halogenated alkanes) is 4. The van der Waals surface area contributed by atoms with Crippen LogP contribution >= 0.6 is 19.3 Å². The number of carbonyl (C=O) groups excluding carboxylic acids is 1. The Bertz CT molecular complexity index is 806. The van der Waals surface area contributed by atoms with E-state index in [2.05, 4.69) is 12.0 Å². The predicted molar refractivity (Wildman–Crippen MR) is 124 cm³/mol. The van der Waals surface area contributed by atoms with Crippen molar-refractivity contribution >= 4 is 25.3 Å². The van der Waals surface area contributed by atoms with Crippen LogP contribution in [0.1, 0.15) is 51.5 Å². The van der Waals surface area contributed by atoms with E-state index < -0.39 is 19.8 Å². The maximum atomic E-state index is 13.5. The molecule has 8 heteroatoms. The number of halogens is 1. The highest BCUT2D eigenvalue weighted by molar-refractivity contribution is 7.52. The average Bonchev–Trinajstić information content (AvgIpc) is 2.73. The number of hydrogen-bond acceptors (Lipinski definition) is 5. The first-order valence-corrected chi connectivity index (χ1v) is 12.5. The van der Waals surface area contributed by atoms with Crippen molar-refractivity contribution in [2.45, 2.75) is 58.9 Å². The van der Waals surface area contributed by atoms with Gasteiger partial charge in [0.1, 0.15) is 17.5 Å². The van der Waals surface area contributed by atoms with Gasteiger partial charge in [0.25, 0.3) is 0 Å². The summed E-state index contributed by atoms with van der Waals surface area (Å²) in [5, 5.41) is 3.20. The molecule has 0 amide bonds. The van der Waals surface area contributed by atoms with Crippen LogP contribution in [0, 0.1) is 6.92 Å². The summed E-state index contributed by atoms with van der Waals surface area (Å²) in [7, 11) is -3.95. The third-order valence-corrected chi connectivity index (χ3v) is 6.34.